The molecule has 1 fully saturated rings. The number of benzene rings is 2. The van der Waals surface area contributed by atoms with E-state index in [4.69, 9.17) is 9.47 Å². The van der Waals surface area contributed by atoms with Crippen molar-refractivity contribution in [2.75, 3.05) is 63.7 Å². The third-order valence-electron chi connectivity index (χ3n) is 9.90. The van der Waals surface area contributed by atoms with E-state index >= 15 is 0 Å². The van der Waals surface area contributed by atoms with E-state index in [1.54, 1.807) is 23.4 Å². The summed E-state index contributed by atoms with van der Waals surface area (Å²) in [4.78, 5) is 28.8. The number of aromatic amines is 1. The predicted molar refractivity (Wildman–Crippen MR) is 201 cm³/mol. The van der Waals surface area contributed by atoms with E-state index in [2.05, 4.69) is 88.3 Å². The maximum absolute atomic E-state index is 12.7. The minimum absolute atomic E-state index is 0.294. The molecule has 4 heterocycles. The lowest BCUT2D eigenvalue weighted by atomic mass is 9.73. The van der Waals surface area contributed by atoms with Gasteiger partial charge in [0.25, 0.3) is 0 Å². The van der Waals surface area contributed by atoms with Gasteiger partial charge < -0.3 is 24.3 Å². The number of nitrogens with zero attached hydrogens (tertiary/aromatic N) is 4. The van der Waals surface area contributed by atoms with Crippen molar-refractivity contribution in [3.8, 4) is 22.6 Å². The Hall–Kier alpha value is -4.60. The van der Waals surface area contributed by atoms with Gasteiger partial charge in [-0.15, -0.1) is 11.3 Å². The fourth-order valence-corrected chi connectivity index (χ4v) is 8.12. The average Bonchev–Trinajstić information content (AvgIpc) is 3.79. The number of thiophene rings is 1. The minimum atomic E-state index is -0.429. The van der Waals surface area contributed by atoms with Crippen LogP contribution in [0.5, 0.6) is 11.5 Å². The summed E-state index contributed by atoms with van der Waals surface area (Å²) >= 11 is 1.89. The standard InChI is InChI=1S/C40H45N5O3S/c1-40(2)14-12-28(34(23-40)37-21-29(26-49-37)32-8-6-7-9-35(32)43(3)4)25-44-16-18-45(19-17-44)30-10-11-33(39(46)47-5)36(22-30)48-31-20-27-13-15-41-38(27)42-24-31/h6-11,13,15,20-22,24,26H,12,14,16-19,23,25H2,1-5H3,(H,41,42). The molecule has 2 aromatic carbocycles. The monoisotopic (exact) mass is 675 g/mol. The molecule has 0 atom stereocenters. The van der Waals surface area contributed by atoms with Crippen LogP contribution in [0.2, 0.25) is 0 Å². The number of carbonyl (C=O) groups excluding carboxylic acids is 1. The molecule has 0 spiro atoms. The first kappa shape index (κ1) is 32.9. The van der Waals surface area contributed by atoms with Crippen molar-refractivity contribution in [2.45, 2.75) is 33.1 Å². The number of carbonyl (C=O) groups is 1. The van der Waals surface area contributed by atoms with E-state index in [9.17, 15) is 4.79 Å². The molecule has 1 aliphatic heterocycles. The molecule has 5 aromatic rings. The summed E-state index contributed by atoms with van der Waals surface area (Å²) in [5.41, 5.74) is 9.48. The molecule has 8 nitrogen and oxygen atoms in total. The summed E-state index contributed by atoms with van der Waals surface area (Å²) in [7, 11) is 5.62. The molecule has 0 bridgehead atoms. The number of pyridine rings is 1. The Kier molecular flexibility index (Phi) is 9.22. The number of hydrogen-bond donors (Lipinski definition) is 1. The summed E-state index contributed by atoms with van der Waals surface area (Å²) in [5, 5.41) is 3.28. The second kappa shape index (κ2) is 13.7. The number of anilines is 2. The van der Waals surface area contributed by atoms with Crippen LogP contribution in [0.1, 0.15) is 48.3 Å². The number of piperazine rings is 1. The molecule has 0 radical (unpaired) electrons. The average molecular weight is 676 g/mol. The number of hydrogen-bond acceptors (Lipinski definition) is 8. The van der Waals surface area contributed by atoms with Crippen molar-refractivity contribution >= 4 is 45.3 Å². The molecule has 1 N–H and O–H groups in total. The maximum atomic E-state index is 12.7. The molecular weight excluding hydrogens is 631 g/mol. The van der Waals surface area contributed by atoms with Crippen molar-refractivity contribution < 1.29 is 14.3 Å². The van der Waals surface area contributed by atoms with Crippen LogP contribution in [-0.4, -0.2) is 74.8 Å². The minimum Gasteiger partial charge on any atom is -0.465 e. The Morgan fingerprint density at radius 3 is 2.65 bits per heavy atom. The van der Waals surface area contributed by atoms with Crippen molar-refractivity contribution in [1.29, 1.82) is 0 Å². The van der Waals surface area contributed by atoms with Crippen LogP contribution in [0.4, 0.5) is 11.4 Å². The van der Waals surface area contributed by atoms with Gasteiger partial charge in [0.05, 0.1) is 13.3 Å². The molecule has 2 aliphatic rings. The molecular formula is C40H45N5O3S. The molecule has 3 aromatic heterocycles. The quantitative estimate of drug-likeness (QED) is 0.157. The zero-order valence-corrected chi connectivity index (χ0v) is 29.9. The van der Waals surface area contributed by atoms with Crippen LogP contribution in [0.25, 0.3) is 27.7 Å². The fourth-order valence-electron chi connectivity index (χ4n) is 7.12. The molecule has 7 rings (SSSR count). The largest absolute Gasteiger partial charge is 0.465 e. The summed E-state index contributed by atoms with van der Waals surface area (Å²) in [5.74, 6) is 0.604. The molecule has 9 heteroatoms. The molecule has 49 heavy (non-hydrogen) atoms. The predicted octanol–water partition coefficient (Wildman–Crippen LogP) is 8.72. The SMILES string of the molecule is COC(=O)c1ccc(N2CCN(CC3=C(c4cc(-c5ccccc5N(C)C)cs4)CC(C)(C)CC3)CC2)cc1Oc1cnc2[nH]ccc2c1. The lowest BCUT2D eigenvalue weighted by molar-refractivity contribution is 0.0598. The highest BCUT2D eigenvalue weighted by Crippen LogP contribution is 2.46. The first-order valence-electron chi connectivity index (χ1n) is 17.0. The highest BCUT2D eigenvalue weighted by atomic mass is 32.1. The van der Waals surface area contributed by atoms with Gasteiger partial charge in [0.15, 0.2) is 0 Å². The molecule has 1 aliphatic carbocycles. The van der Waals surface area contributed by atoms with E-state index in [-0.39, 0.29) is 0 Å². The van der Waals surface area contributed by atoms with E-state index in [0.717, 1.165) is 62.3 Å². The number of methoxy groups -OCH3 is 1. The zero-order valence-electron chi connectivity index (χ0n) is 29.1. The number of H-pyrrole nitrogens is 1. The third kappa shape index (κ3) is 7.09. The topological polar surface area (TPSA) is 73.9 Å². The van der Waals surface area contributed by atoms with E-state index in [1.165, 1.54) is 35.2 Å². The van der Waals surface area contributed by atoms with Gasteiger partial charge >= 0.3 is 5.97 Å². The van der Waals surface area contributed by atoms with Gasteiger partial charge in [-0.3, -0.25) is 4.90 Å². The van der Waals surface area contributed by atoms with Gasteiger partial charge in [0.1, 0.15) is 22.7 Å². The third-order valence-corrected chi connectivity index (χ3v) is 10.9. The van der Waals surface area contributed by atoms with Crippen molar-refractivity contribution in [1.82, 2.24) is 14.9 Å². The van der Waals surface area contributed by atoms with Gasteiger partial charge in [-0.25, -0.2) is 9.78 Å². The Bertz CT molecular complexity index is 2000. The number of nitrogens with one attached hydrogen (secondary N) is 1. The smallest absolute Gasteiger partial charge is 0.341 e. The van der Waals surface area contributed by atoms with Crippen LogP contribution in [-0.2, 0) is 4.74 Å². The highest BCUT2D eigenvalue weighted by Gasteiger charge is 2.30. The van der Waals surface area contributed by atoms with E-state index < -0.39 is 5.97 Å². The lowest BCUT2D eigenvalue weighted by Crippen LogP contribution is -2.47. The second-order valence-corrected chi connectivity index (χ2v) is 15.1. The normalized spacial score (nSPS) is 16.6. The van der Waals surface area contributed by atoms with E-state index in [1.807, 2.05) is 41.8 Å². The Morgan fingerprint density at radius 1 is 1.04 bits per heavy atom. The summed E-state index contributed by atoms with van der Waals surface area (Å²) in [6.07, 6.45) is 6.98. The molecule has 0 unspecified atom stereocenters. The Morgan fingerprint density at radius 2 is 1.86 bits per heavy atom. The summed E-state index contributed by atoms with van der Waals surface area (Å²) in [6.45, 7) is 9.56. The number of fused-ring (bicyclic) bond motifs is 1. The molecule has 254 valence electrons. The van der Waals surface area contributed by atoms with Crippen LogP contribution < -0.4 is 14.5 Å². The highest BCUT2D eigenvalue weighted by molar-refractivity contribution is 7.11. The number of allylic oxidation sites excluding steroid dienone is 1. The van der Waals surface area contributed by atoms with Gasteiger partial charge in [-0.1, -0.05) is 37.6 Å². The van der Waals surface area contributed by atoms with Gasteiger partial charge in [0.2, 0.25) is 0 Å². The number of para-hydroxylation sites is 1. The maximum Gasteiger partial charge on any atom is 0.341 e. The molecule has 0 saturated carbocycles. The van der Waals surface area contributed by atoms with Crippen LogP contribution in [0.15, 0.2) is 84.0 Å². The van der Waals surface area contributed by atoms with Crippen molar-refractivity contribution in [2.24, 2.45) is 5.41 Å². The Balaban J connectivity index is 1.08. The number of rotatable bonds is 9. The summed E-state index contributed by atoms with van der Waals surface area (Å²) in [6, 6.07) is 20.7. The Labute approximate surface area is 293 Å². The molecule has 0 amide bonds. The summed E-state index contributed by atoms with van der Waals surface area (Å²) < 4.78 is 11.3. The van der Waals surface area contributed by atoms with Crippen LogP contribution >= 0.6 is 11.3 Å². The van der Waals surface area contributed by atoms with Gasteiger partial charge in [-0.2, -0.15) is 0 Å². The van der Waals surface area contributed by atoms with Gasteiger partial charge in [-0.05, 0) is 77.6 Å². The number of aromatic nitrogens is 2. The van der Waals surface area contributed by atoms with Crippen LogP contribution in [0, 0.1) is 5.41 Å². The molecule has 1 saturated heterocycles. The number of esters is 1. The number of ether oxygens (including phenoxy) is 2. The van der Waals surface area contributed by atoms with Crippen LogP contribution in [0.3, 0.4) is 0 Å². The fraction of sp³-hybridized carbons (Fsp3) is 0.350. The zero-order chi connectivity index (χ0) is 34.1. The first-order valence-corrected chi connectivity index (χ1v) is 17.9. The lowest BCUT2D eigenvalue weighted by Gasteiger charge is -2.39. The van der Waals surface area contributed by atoms with Crippen molar-refractivity contribution in [3.05, 3.63) is 94.5 Å². The second-order valence-electron chi connectivity index (χ2n) is 14.2. The first-order chi connectivity index (χ1) is 23.7. The van der Waals surface area contributed by atoms with E-state index in [0.29, 0.717) is 22.5 Å². The van der Waals surface area contributed by atoms with Gasteiger partial charge in [0, 0.05) is 86.3 Å². The van der Waals surface area contributed by atoms with Crippen molar-refractivity contribution in [3.63, 3.8) is 0 Å².